The van der Waals surface area contributed by atoms with E-state index >= 15 is 0 Å². The molecule has 2 nitrogen and oxygen atoms in total. The van der Waals surface area contributed by atoms with Crippen molar-refractivity contribution in [2.45, 2.75) is 40.2 Å². The molecular formula is C16H20BrNO. The van der Waals surface area contributed by atoms with E-state index in [1.54, 1.807) is 0 Å². The average Bonchev–Trinajstić information content (AvgIpc) is 2.64. The third kappa shape index (κ3) is 2.63. The van der Waals surface area contributed by atoms with Gasteiger partial charge >= 0.3 is 0 Å². The van der Waals surface area contributed by atoms with Crippen LogP contribution in [0.4, 0.5) is 0 Å². The van der Waals surface area contributed by atoms with Gasteiger partial charge in [-0.3, -0.25) is 0 Å². The summed E-state index contributed by atoms with van der Waals surface area (Å²) in [6.07, 6.45) is 0. The summed E-state index contributed by atoms with van der Waals surface area (Å²) in [5, 5.41) is 9.40. The second-order valence-electron chi connectivity index (χ2n) is 5.25. The molecule has 1 aromatic heterocycles. The van der Waals surface area contributed by atoms with Crippen molar-refractivity contribution >= 4 is 15.9 Å². The van der Waals surface area contributed by atoms with E-state index in [0.717, 1.165) is 21.4 Å². The molecule has 19 heavy (non-hydrogen) atoms. The molecule has 3 heteroatoms. The lowest BCUT2D eigenvalue weighted by Crippen LogP contribution is -2.05. The molecule has 0 saturated carbocycles. The highest BCUT2D eigenvalue weighted by atomic mass is 79.9. The second kappa shape index (κ2) is 5.51. The summed E-state index contributed by atoms with van der Waals surface area (Å²) in [6, 6.07) is 8.44. The molecule has 0 fully saturated rings. The van der Waals surface area contributed by atoms with Crippen molar-refractivity contribution in [2.24, 2.45) is 0 Å². The lowest BCUT2D eigenvalue weighted by Gasteiger charge is -2.18. The Kier molecular flexibility index (Phi) is 4.16. The van der Waals surface area contributed by atoms with Crippen molar-refractivity contribution in [3.8, 4) is 5.69 Å². The molecule has 2 rings (SSSR count). The van der Waals surface area contributed by atoms with Gasteiger partial charge in [-0.25, -0.2) is 0 Å². The monoisotopic (exact) mass is 321 g/mol. The largest absolute Gasteiger partial charge is 0.392 e. The van der Waals surface area contributed by atoms with Gasteiger partial charge < -0.3 is 9.67 Å². The van der Waals surface area contributed by atoms with E-state index in [4.69, 9.17) is 0 Å². The molecule has 0 bridgehead atoms. The number of rotatable bonds is 3. The van der Waals surface area contributed by atoms with Crippen LogP contribution in [0, 0.1) is 13.8 Å². The molecule has 1 aromatic carbocycles. The number of aliphatic hydroxyl groups is 1. The van der Waals surface area contributed by atoms with E-state index in [1.165, 1.54) is 11.3 Å². The molecule has 1 heterocycles. The van der Waals surface area contributed by atoms with Crippen LogP contribution in [0.2, 0.25) is 0 Å². The van der Waals surface area contributed by atoms with Gasteiger partial charge in [0.2, 0.25) is 0 Å². The van der Waals surface area contributed by atoms with Crippen molar-refractivity contribution < 1.29 is 5.11 Å². The topological polar surface area (TPSA) is 25.2 Å². The van der Waals surface area contributed by atoms with E-state index < -0.39 is 0 Å². The number of hydrogen-bond donors (Lipinski definition) is 1. The van der Waals surface area contributed by atoms with Crippen molar-refractivity contribution in [3.63, 3.8) is 0 Å². The quantitative estimate of drug-likeness (QED) is 0.886. The van der Waals surface area contributed by atoms with Crippen molar-refractivity contribution in [1.82, 2.24) is 4.57 Å². The van der Waals surface area contributed by atoms with Crippen LogP contribution in [0.15, 0.2) is 28.7 Å². The molecule has 0 aliphatic carbocycles. The van der Waals surface area contributed by atoms with Gasteiger partial charge in [0.15, 0.2) is 0 Å². The second-order valence-corrected chi connectivity index (χ2v) is 6.16. The third-order valence-electron chi connectivity index (χ3n) is 3.56. The predicted octanol–water partition coefficient (Wildman–Crippen LogP) is 4.47. The molecule has 0 radical (unpaired) electrons. The molecule has 0 aliphatic rings. The van der Waals surface area contributed by atoms with E-state index in [-0.39, 0.29) is 6.61 Å². The normalized spacial score (nSPS) is 11.3. The minimum atomic E-state index is 0.0905. The fourth-order valence-corrected chi connectivity index (χ4v) is 2.93. The van der Waals surface area contributed by atoms with Crippen molar-refractivity contribution in [3.05, 3.63) is 51.3 Å². The lowest BCUT2D eigenvalue weighted by molar-refractivity contribution is 0.281. The van der Waals surface area contributed by atoms with E-state index in [0.29, 0.717) is 5.92 Å². The standard InChI is InChI=1S/C16H20BrNO/c1-10(2)15-8-14(17)5-6-16(15)18-11(3)7-13(9-19)12(18)4/h5-8,10,19H,9H2,1-4H3. The van der Waals surface area contributed by atoms with Crippen molar-refractivity contribution in [2.75, 3.05) is 0 Å². The Morgan fingerprint density at radius 2 is 1.89 bits per heavy atom. The summed E-state index contributed by atoms with van der Waals surface area (Å²) >= 11 is 3.54. The predicted molar refractivity (Wildman–Crippen MR) is 83.0 cm³/mol. The zero-order valence-electron chi connectivity index (χ0n) is 11.9. The van der Waals surface area contributed by atoms with Crippen molar-refractivity contribution in [1.29, 1.82) is 0 Å². The Morgan fingerprint density at radius 1 is 1.21 bits per heavy atom. The summed E-state index contributed by atoms with van der Waals surface area (Å²) in [6.45, 7) is 8.63. The van der Waals surface area contributed by atoms with Crippen LogP contribution < -0.4 is 0 Å². The van der Waals surface area contributed by atoms with Gasteiger partial charge in [0, 0.05) is 21.5 Å². The molecule has 0 saturated heterocycles. The summed E-state index contributed by atoms with van der Waals surface area (Å²) < 4.78 is 3.33. The average molecular weight is 322 g/mol. The van der Waals surface area contributed by atoms with Gasteiger partial charge in [-0.2, -0.15) is 0 Å². The van der Waals surface area contributed by atoms with Crippen LogP contribution >= 0.6 is 15.9 Å². The van der Waals surface area contributed by atoms with Gasteiger partial charge in [0.25, 0.3) is 0 Å². The first kappa shape index (κ1) is 14.4. The number of nitrogens with zero attached hydrogens (tertiary/aromatic N) is 1. The minimum absolute atomic E-state index is 0.0905. The van der Waals surface area contributed by atoms with E-state index in [2.05, 4.69) is 72.5 Å². The molecule has 2 aromatic rings. The number of hydrogen-bond acceptors (Lipinski definition) is 1. The highest BCUT2D eigenvalue weighted by Gasteiger charge is 2.14. The minimum Gasteiger partial charge on any atom is -0.392 e. The smallest absolute Gasteiger partial charge is 0.0699 e. The van der Waals surface area contributed by atoms with Gasteiger partial charge in [-0.15, -0.1) is 0 Å². The Hall–Kier alpha value is -1.06. The zero-order valence-corrected chi connectivity index (χ0v) is 13.5. The lowest BCUT2D eigenvalue weighted by atomic mass is 10.0. The van der Waals surface area contributed by atoms with Gasteiger partial charge in [-0.05, 0) is 55.2 Å². The van der Waals surface area contributed by atoms with Gasteiger partial charge in [-0.1, -0.05) is 29.8 Å². The summed E-state index contributed by atoms with van der Waals surface area (Å²) in [5.74, 6) is 0.450. The third-order valence-corrected chi connectivity index (χ3v) is 4.05. The molecule has 0 atom stereocenters. The van der Waals surface area contributed by atoms with Crippen LogP contribution in [0.1, 0.15) is 42.3 Å². The van der Waals surface area contributed by atoms with Gasteiger partial charge in [0.05, 0.1) is 6.61 Å². The molecule has 0 spiro atoms. The number of aryl methyl sites for hydroxylation is 1. The summed E-state index contributed by atoms with van der Waals surface area (Å²) in [7, 11) is 0. The molecule has 0 unspecified atom stereocenters. The maximum absolute atomic E-state index is 9.40. The number of aromatic nitrogens is 1. The Labute approximate surface area is 123 Å². The number of halogens is 1. The maximum atomic E-state index is 9.40. The summed E-state index contributed by atoms with van der Waals surface area (Å²) in [5.41, 5.74) is 5.78. The first-order valence-corrected chi connectivity index (χ1v) is 7.33. The Bertz CT molecular complexity index is 599. The van der Waals surface area contributed by atoms with Crippen LogP contribution in [-0.2, 0) is 6.61 Å². The molecule has 102 valence electrons. The van der Waals surface area contributed by atoms with Crippen LogP contribution in [-0.4, -0.2) is 9.67 Å². The SMILES string of the molecule is Cc1cc(CO)c(C)n1-c1ccc(Br)cc1C(C)C. The number of aliphatic hydroxyl groups excluding tert-OH is 1. The Morgan fingerprint density at radius 3 is 2.42 bits per heavy atom. The highest BCUT2D eigenvalue weighted by molar-refractivity contribution is 9.10. The fourth-order valence-electron chi connectivity index (χ4n) is 2.55. The molecule has 0 amide bonds. The maximum Gasteiger partial charge on any atom is 0.0699 e. The van der Waals surface area contributed by atoms with Crippen LogP contribution in [0.25, 0.3) is 5.69 Å². The first-order valence-electron chi connectivity index (χ1n) is 6.54. The van der Waals surface area contributed by atoms with E-state index in [1.807, 2.05) is 0 Å². The van der Waals surface area contributed by atoms with E-state index in [9.17, 15) is 5.11 Å². The number of benzene rings is 1. The Balaban J connectivity index is 2.68. The fraction of sp³-hybridized carbons (Fsp3) is 0.375. The highest BCUT2D eigenvalue weighted by Crippen LogP contribution is 2.30. The summed E-state index contributed by atoms with van der Waals surface area (Å²) in [4.78, 5) is 0. The molecule has 1 N–H and O–H groups in total. The van der Waals surface area contributed by atoms with Crippen LogP contribution in [0.3, 0.4) is 0 Å². The van der Waals surface area contributed by atoms with Crippen LogP contribution in [0.5, 0.6) is 0 Å². The zero-order chi connectivity index (χ0) is 14.2. The molecule has 0 aliphatic heterocycles. The van der Waals surface area contributed by atoms with Gasteiger partial charge in [0.1, 0.15) is 0 Å². The first-order chi connectivity index (χ1) is 8.95. The molecular weight excluding hydrogens is 302 g/mol.